The molecule has 0 spiro atoms. The second-order valence-corrected chi connectivity index (χ2v) is 6.34. The smallest absolute Gasteiger partial charge is 0.337 e. The number of amidine groups is 1. The van der Waals surface area contributed by atoms with E-state index in [2.05, 4.69) is 24.8 Å². The standard InChI is InChI=1S/C13H17N5O2S2/c1-3-20-13(19)9-5-14-11(12-16-15-7-22-12)18-6-8(17-21-2)4-10(9)18/h7-8,17H,3-6H2,1-2H3. The minimum atomic E-state index is -0.271. The fraction of sp³-hybridized carbons (Fsp3) is 0.538. The van der Waals surface area contributed by atoms with E-state index in [1.165, 1.54) is 11.3 Å². The van der Waals surface area contributed by atoms with Crippen molar-refractivity contribution in [3.63, 3.8) is 0 Å². The van der Waals surface area contributed by atoms with E-state index in [4.69, 9.17) is 4.74 Å². The van der Waals surface area contributed by atoms with Crippen LogP contribution in [0.1, 0.15) is 18.4 Å². The van der Waals surface area contributed by atoms with Crippen molar-refractivity contribution in [2.24, 2.45) is 4.99 Å². The molecule has 0 aliphatic carbocycles. The van der Waals surface area contributed by atoms with Gasteiger partial charge in [-0.3, -0.25) is 9.71 Å². The van der Waals surface area contributed by atoms with Crippen molar-refractivity contribution >= 4 is 35.1 Å². The highest BCUT2D eigenvalue weighted by molar-refractivity contribution is 7.96. The highest BCUT2D eigenvalue weighted by Gasteiger charge is 2.37. The molecule has 3 heterocycles. The summed E-state index contributed by atoms with van der Waals surface area (Å²) in [6.07, 6.45) is 2.78. The number of hydrogen-bond acceptors (Lipinski definition) is 9. The summed E-state index contributed by atoms with van der Waals surface area (Å²) in [4.78, 5) is 18.8. The number of nitrogens with zero attached hydrogens (tertiary/aromatic N) is 4. The number of carbonyl (C=O) groups excluding carboxylic acids is 1. The predicted octanol–water partition coefficient (Wildman–Crippen LogP) is 1.06. The van der Waals surface area contributed by atoms with Gasteiger partial charge < -0.3 is 9.64 Å². The van der Waals surface area contributed by atoms with Crippen LogP contribution in [-0.2, 0) is 9.53 Å². The zero-order chi connectivity index (χ0) is 15.5. The summed E-state index contributed by atoms with van der Waals surface area (Å²) in [7, 11) is 0. The van der Waals surface area contributed by atoms with Crippen LogP contribution in [0.4, 0.5) is 0 Å². The van der Waals surface area contributed by atoms with Crippen molar-refractivity contribution in [1.82, 2.24) is 19.8 Å². The number of esters is 1. The number of rotatable bonds is 5. The molecule has 2 aliphatic heterocycles. The second kappa shape index (κ2) is 6.76. The molecule has 118 valence electrons. The van der Waals surface area contributed by atoms with Crippen LogP contribution in [0.5, 0.6) is 0 Å². The second-order valence-electron chi connectivity index (χ2n) is 4.86. The molecule has 0 saturated carbocycles. The Morgan fingerprint density at radius 3 is 3.18 bits per heavy atom. The molecule has 0 bridgehead atoms. The minimum Gasteiger partial charge on any atom is -0.463 e. The number of ether oxygens (including phenoxy) is 1. The summed E-state index contributed by atoms with van der Waals surface area (Å²) in [6.45, 7) is 3.28. The van der Waals surface area contributed by atoms with Gasteiger partial charge in [0.15, 0.2) is 10.8 Å². The number of nitrogens with one attached hydrogen (secondary N) is 1. The van der Waals surface area contributed by atoms with Crippen LogP contribution in [-0.4, -0.2) is 58.9 Å². The summed E-state index contributed by atoms with van der Waals surface area (Å²) < 4.78 is 8.53. The zero-order valence-corrected chi connectivity index (χ0v) is 14.0. The number of aliphatic imine (C=N–C) groups is 1. The highest BCUT2D eigenvalue weighted by Crippen LogP contribution is 2.31. The largest absolute Gasteiger partial charge is 0.463 e. The lowest BCUT2D eigenvalue weighted by molar-refractivity contribution is -0.138. The van der Waals surface area contributed by atoms with Gasteiger partial charge in [0.25, 0.3) is 0 Å². The quantitative estimate of drug-likeness (QED) is 0.634. The maximum Gasteiger partial charge on any atom is 0.337 e. The highest BCUT2D eigenvalue weighted by atomic mass is 32.2. The number of carbonyl (C=O) groups is 1. The number of fused-ring (bicyclic) bond motifs is 1. The van der Waals surface area contributed by atoms with Crippen LogP contribution >= 0.6 is 23.3 Å². The Morgan fingerprint density at radius 2 is 2.50 bits per heavy atom. The van der Waals surface area contributed by atoms with Gasteiger partial charge in [-0.2, -0.15) is 0 Å². The van der Waals surface area contributed by atoms with Gasteiger partial charge in [0.05, 0.1) is 18.7 Å². The Bertz CT molecular complexity index is 614. The van der Waals surface area contributed by atoms with E-state index in [1.807, 2.05) is 13.2 Å². The molecule has 1 unspecified atom stereocenters. The molecule has 0 aromatic carbocycles. The summed E-state index contributed by atoms with van der Waals surface area (Å²) in [6, 6.07) is 0.269. The maximum atomic E-state index is 12.2. The van der Waals surface area contributed by atoms with Crippen LogP contribution in [0.15, 0.2) is 21.8 Å². The lowest BCUT2D eigenvalue weighted by atomic mass is 10.1. The third-order valence-corrected chi connectivity index (χ3v) is 4.77. The number of hydrogen-bond donors (Lipinski definition) is 1. The Balaban J connectivity index is 1.91. The molecule has 1 N–H and O–H groups in total. The van der Waals surface area contributed by atoms with Gasteiger partial charge in [0, 0.05) is 24.7 Å². The molecule has 0 radical (unpaired) electrons. The molecule has 1 atom stereocenters. The third-order valence-electron chi connectivity index (χ3n) is 3.52. The van der Waals surface area contributed by atoms with Gasteiger partial charge >= 0.3 is 5.97 Å². The fourth-order valence-electron chi connectivity index (χ4n) is 2.67. The molecule has 2 aliphatic rings. The summed E-state index contributed by atoms with van der Waals surface area (Å²) >= 11 is 3.04. The first-order valence-corrected chi connectivity index (χ1v) is 9.11. The van der Waals surface area contributed by atoms with E-state index in [1.54, 1.807) is 17.5 Å². The molecule has 9 heteroatoms. The Morgan fingerprint density at radius 1 is 1.64 bits per heavy atom. The number of aromatic nitrogens is 2. The van der Waals surface area contributed by atoms with Gasteiger partial charge in [0.2, 0.25) is 0 Å². The van der Waals surface area contributed by atoms with Gasteiger partial charge in [-0.1, -0.05) is 23.3 Å². The van der Waals surface area contributed by atoms with Crippen molar-refractivity contribution < 1.29 is 9.53 Å². The lowest BCUT2D eigenvalue weighted by Crippen LogP contribution is -2.36. The van der Waals surface area contributed by atoms with Gasteiger partial charge in [-0.05, 0) is 13.2 Å². The van der Waals surface area contributed by atoms with Gasteiger partial charge in [-0.15, -0.1) is 10.2 Å². The van der Waals surface area contributed by atoms with Crippen LogP contribution < -0.4 is 4.72 Å². The first-order valence-electron chi connectivity index (χ1n) is 7.00. The molecule has 1 saturated heterocycles. The van der Waals surface area contributed by atoms with Crippen molar-refractivity contribution in [3.05, 3.63) is 21.8 Å². The normalized spacial score (nSPS) is 20.9. The van der Waals surface area contributed by atoms with E-state index in [9.17, 15) is 4.79 Å². The van der Waals surface area contributed by atoms with E-state index < -0.39 is 0 Å². The topological polar surface area (TPSA) is 79.7 Å². The van der Waals surface area contributed by atoms with Crippen LogP contribution in [0.2, 0.25) is 0 Å². The lowest BCUT2D eigenvalue weighted by Gasteiger charge is -2.26. The van der Waals surface area contributed by atoms with Crippen LogP contribution in [0, 0.1) is 0 Å². The average Bonchev–Trinajstić information content (AvgIpc) is 3.16. The zero-order valence-electron chi connectivity index (χ0n) is 12.4. The SMILES string of the molecule is CCOC(=O)C1=C2CC(NSC)CN2C(c2nncs2)=NC1. The van der Waals surface area contributed by atoms with E-state index in [0.717, 1.165) is 29.5 Å². The fourth-order valence-corrected chi connectivity index (χ4v) is 3.73. The van der Waals surface area contributed by atoms with E-state index in [0.29, 0.717) is 18.7 Å². The van der Waals surface area contributed by atoms with Gasteiger partial charge in [-0.25, -0.2) is 4.79 Å². The monoisotopic (exact) mass is 339 g/mol. The molecule has 7 nitrogen and oxygen atoms in total. The predicted molar refractivity (Wildman–Crippen MR) is 86.7 cm³/mol. The average molecular weight is 339 g/mol. The minimum absolute atomic E-state index is 0.269. The first-order chi connectivity index (χ1) is 10.7. The van der Waals surface area contributed by atoms with Crippen LogP contribution in [0.25, 0.3) is 0 Å². The Hall–Kier alpha value is -1.45. The molecular formula is C13H17N5O2S2. The van der Waals surface area contributed by atoms with Crippen molar-refractivity contribution in [2.45, 2.75) is 19.4 Å². The van der Waals surface area contributed by atoms with Crippen molar-refractivity contribution in [2.75, 3.05) is 26.0 Å². The maximum absolute atomic E-state index is 12.2. The summed E-state index contributed by atoms with van der Waals surface area (Å²) in [5, 5.41) is 8.78. The van der Waals surface area contributed by atoms with E-state index in [-0.39, 0.29) is 12.0 Å². The summed E-state index contributed by atoms with van der Waals surface area (Å²) in [5.41, 5.74) is 3.33. The molecule has 1 aromatic rings. The first kappa shape index (κ1) is 15.4. The third kappa shape index (κ3) is 2.88. The van der Waals surface area contributed by atoms with Crippen molar-refractivity contribution in [3.8, 4) is 0 Å². The van der Waals surface area contributed by atoms with Crippen molar-refractivity contribution in [1.29, 1.82) is 0 Å². The molecule has 22 heavy (non-hydrogen) atoms. The molecule has 0 amide bonds. The molecular weight excluding hydrogens is 322 g/mol. The summed E-state index contributed by atoms with van der Waals surface area (Å²) in [5.74, 6) is 0.531. The molecule has 1 aromatic heterocycles. The molecule has 1 fully saturated rings. The Labute approximate surface area is 137 Å². The van der Waals surface area contributed by atoms with E-state index >= 15 is 0 Å². The Kier molecular flexibility index (Phi) is 4.74. The van der Waals surface area contributed by atoms with Crippen LogP contribution in [0.3, 0.4) is 0 Å². The molecule has 3 rings (SSSR count). The van der Waals surface area contributed by atoms with Gasteiger partial charge in [0.1, 0.15) is 5.51 Å².